The number of nitrogens with zero attached hydrogens (tertiary/aromatic N) is 1. The van der Waals surface area contributed by atoms with Crippen molar-refractivity contribution in [1.29, 1.82) is 0 Å². The number of rotatable bonds is 5. The second-order valence-electron chi connectivity index (χ2n) is 6.60. The van der Waals surface area contributed by atoms with Crippen molar-refractivity contribution in [2.24, 2.45) is 11.8 Å². The summed E-state index contributed by atoms with van der Waals surface area (Å²) in [6.45, 7) is 8.22. The fourth-order valence-electron chi connectivity index (χ4n) is 3.48. The molecule has 2 atom stereocenters. The third-order valence-corrected chi connectivity index (χ3v) is 4.86. The molecule has 0 aromatic rings. The predicted octanol–water partition coefficient (Wildman–Crippen LogP) is 1.35. The number of carbonyl (C=O) groups excluding carboxylic acids is 2. The first-order valence-electron chi connectivity index (χ1n) is 8.63. The Morgan fingerprint density at radius 2 is 1.96 bits per heavy atom. The van der Waals surface area contributed by atoms with Crippen molar-refractivity contribution in [3.05, 3.63) is 0 Å². The zero-order valence-corrected chi connectivity index (χ0v) is 15.1. The zero-order valence-electron chi connectivity index (χ0n) is 14.3. The highest BCUT2D eigenvalue weighted by Crippen LogP contribution is 2.24. The molecule has 23 heavy (non-hydrogen) atoms. The van der Waals surface area contributed by atoms with Crippen molar-refractivity contribution in [3.8, 4) is 0 Å². The van der Waals surface area contributed by atoms with Crippen molar-refractivity contribution in [2.75, 3.05) is 32.7 Å². The SMILES string of the molecule is CCNC(=O)N1CCC(NC(=O)CC(C)C2CCNCC2)C1.Cl. The Labute approximate surface area is 145 Å². The molecule has 2 unspecified atom stereocenters. The summed E-state index contributed by atoms with van der Waals surface area (Å²) in [4.78, 5) is 25.7. The van der Waals surface area contributed by atoms with E-state index in [0.29, 0.717) is 31.3 Å². The van der Waals surface area contributed by atoms with E-state index in [1.165, 1.54) is 12.8 Å². The minimum Gasteiger partial charge on any atom is -0.352 e. The van der Waals surface area contributed by atoms with Gasteiger partial charge in [-0.05, 0) is 51.1 Å². The van der Waals surface area contributed by atoms with Crippen LogP contribution in [0.5, 0.6) is 0 Å². The molecule has 0 aromatic carbocycles. The van der Waals surface area contributed by atoms with E-state index in [9.17, 15) is 9.59 Å². The van der Waals surface area contributed by atoms with E-state index >= 15 is 0 Å². The van der Waals surface area contributed by atoms with Gasteiger partial charge in [0.15, 0.2) is 0 Å². The Kier molecular flexibility index (Phi) is 8.69. The van der Waals surface area contributed by atoms with Gasteiger partial charge in [-0.3, -0.25) is 4.79 Å². The molecule has 7 heteroatoms. The van der Waals surface area contributed by atoms with Gasteiger partial charge >= 0.3 is 6.03 Å². The molecule has 2 aliphatic rings. The lowest BCUT2D eigenvalue weighted by atomic mass is 9.84. The maximum Gasteiger partial charge on any atom is 0.317 e. The molecule has 2 heterocycles. The second-order valence-corrected chi connectivity index (χ2v) is 6.60. The Bertz CT molecular complexity index is 388. The summed E-state index contributed by atoms with van der Waals surface area (Å²) in [6, 6.07) is 0.0812. The molecule has 2 rings (SSSR count). The summed E-state index contributed by atoms with van der Waals surface area (Å²) in [5, 5.41) is 9.27. The van der Waals surface area contributed by atoms with Crippen LogP contribution in [-0.2, 0) is 4.79 Å². The molecule has 0 aliphatic carbocycles. The molecule has 0 aromatic heterocycles. The van der Waals surface area contributed by atoms with Gasteiger partial charge in [0.25, 0.3) is 0 Å². The average Bonchev–Trinajstić information content (AvgIpc) is 2.96. The number of amides is 3. The number of urea groups is 1. The molecule has 6 nitrogen and oxygen atoms in total. The lowest BCUT2D eigenvalue weighted by molar-refractivity contribution is -0.123. The van der Waals surface area contributed by atoms with E-state index in [4.69, 9.17) is 0 Å². The van der Waals surface area contributed by atoms with Crippen molar-refractivity contribution in [3.63, 3.8) is 0 Å². The summed E-state index contributed by atoms with van der Waals surface area (Å²) >= 11 is 0. The van der Waals surface area contributed by atoms with Gasteiger partial charge in [-0.2, -0.15) is 0 Å². The number of piperidine rings is 1. The maximum atomic E-state index is 12.2. The monoisotopic (exact) mass is 346 g/mol. The van der Waals surface area contributed by atoms with Crippen molar-refractivity contribution in [2.45, 2.75) is 45.6 Å². The maximum absolute atomic E-state index is 12.2. The molecule has 0 radical (unpaired) electrons. The molecule has 2 aliphatic heterocycles. The summed E-state index contributed by atoms with van der Waals surface area (Å²) in [5.41, 5.74) is 0. The van der Waals surface area contributed by atoms with Crippen molar-refractivity contribution in [1.82, 2.24) is 20.9 Å². The zero-order chi connectivity index (χ0) is 15.9. The number of hydrogen-bond donors (Lipinski definition) is 3. The van der Waals surface area contributed by atoms with Gasteiger partial charge < -0.3 is 20.9 Å². The van der Waals surface area contributed by atoms with Gasteiger partial charge in [0.2, 0.25) is 5.91 Å². The van der Waals surface area contributed by atoms with E-state index in [0.717, 1.165) is 26.1 Å². The molecule has 134 valence electrons. The smallest absolute Gasteiger partial charge is 0.317 e. The number of halogens is 1. The minimum absolute atomic E-state index is 0. The van der Waals surface area contributed by atoms with Crippen molar-refractivity contribution >= 4 is 24.3 Å². The van der Waals surface area contributed by atoms with Gasteiger partial charge in [-0.1, -0.05) is 6.92 Å². The minimum atomic E-state index is -0.0256. The molecule has 2 fully saturated rings. The largest absolute Gasteiger partial charge is 0.352 e. The van der Waals surface area contributed by atoms with Crippen LogP contribution in [0.4, 0.5) is 4.79 Å². The van der Waals surface area contributed by atoms with E-state index in [1.807, 2.05) is 6.92 Å². The first-order valence-corrected chi connectivity index (χ1v) is 8.63. The van der Waals surface area contributed by atoms with Gasteiger partial charge in [-0.15, -0.1) is 12.4 Å². The van der Waals surface area contributed by atoms with Crippen LogP contribution >= 0.6 is 12.4 Å². The molecule has 0 saturated carbocycles. The first kappa shape index (κ1) is 20.0. The van der Waals surface area contributed by atoms with Crippen LogP contribution in [-0.4, -0.2) is 55.6 Å². The standard InChI is InChI=1S/C16H30N4O2.ClH/c1-3-18-16(22)20-9-6-14(11-20)19-15(21)10-12(2)13-4-7-17-8-5-13;/h12-14,17H,3-11H2,1-2H3,(H,18,22)(H,19,21);1H. The van der Waals surface area contributed by atoms with Crippen molar-refractivity contribution < 1.29 is 9.59 Å². The summed E-state index contributed by atoms with van der Waals surface area (Å²) in [7, 11) is 0. The summed E-state index contributed by atoms with van der Waals surface area (Å²) in [5.74, 6) is 1.22. The second kappa shape index (κ2) is 9.98. The van der Waals surface area contributed by atoms with Crippen LogP contribution in [0, 0.1) is 11.8 Å². The van der Waals surface area contributed by atoms with Crippen LogP contribution in [0.2, 0.25) is 0 Å². The van der Waals surface area contributed by atoms with Crippen LogP contribution in [0.15, 0.2) is 0 Å². The normalized spacial score (nSPS) is 23.0. The molecule has 0 spiro atoms. The third-order valence-electron chi connectivity index (χ3n) is 4.86. The van der Waals surface area contributed by atoms with Crippen LogP contribution in [0.3, 0.4) is 0 Å². The number of likely N-dealkylation sites (tertiary alicyclic amines) is 1. The predicted molar refractivity (Wildman–Crippen MR) is 93.8 cm³/mol. The molecule has 3 amide bonds. The fourth-order valence-corrected chi connectivity index (χ4v) is 3.48. The quantitative estimate of drug-likeness (QED) is 0.703. The van der Waals surface area contributed by atoms with E-state index in [2.05, 4.69) is 22.9 Å². The number of nitrogens with one attached hydrogen (secondary N) is 3. The molecule has 2 saturated heterocycles. The lowest BCUT2D eigenvalue weighted by Crippen LogP contribution is -2.42. The topological polar surface area (TPSA) is 73.5 Å². The fraction of sp³-hybridized carbons (Fsp3) is 0.875. The average molecular weight is 347 g/mol. The van der Waals surface area contributed by atoms with Gasteiger partial charge in [-0.25, -0.2) is 4.79 Å². The van der Waals surface area contributed by atoms with Gasteiger partial charge in [0.05, 0.1) is 0 Å². The van der Waals surface area contributed by atoms with E-state index < -0.39 is 0 Å². The van der Waals surface area contributed by atoms with Gasteiger partial charge in [0.1, 0.15) is 0 Å². The highest BCUT2D eigenvalue weighted by Gasteiger charge is 2.28. The summed E-state index contributed by atoms with van der Waals surface area (Å²) < 4.78 is 0. The van der Waals surface area contributed by atoms with Crippen LogP contribution < -0.4 is 16.0 Å². The van der Waals surface area contributed by atoms with Crippen LogP contribution in [0.25, 0.3) is 0 Å². The van der Waals surface area contributed by atoms with E-state index in [1.54, 1.807) is 4.90 Å². The summed E-state index contributed by atoms with van der Waals surface area (Å²) in [6.07, 6.45) is 3.79. The first-order chi connectivity index (χ1) is 10.6. The Morgan fingerprint density at radius 3 is 2.61 bits per heavy atom. The Balaban J connectivity index is 0.00000264. The number of carbonyl (C=O) groups is 2. The highest BCUT2D eigenvalue weighted by atomic mass is 35.5. The Hall–Kier alpha value is -1.01. The molecular formula is C16H31ClN4O2. The molecule has 0 bridgehead atoms. The molecule has 3 N–H and O–H groups in total. The molecular weight excluding hydrogens is 316 g/mol. The number of hydrogen-bond acceptors (Lipinski definition) is 3. The van der Waals surface area contributed by atoms with E-state index in [-0.39, 0.29) is 30.4 Å². The lowest BCUT2D eigenvalue weighted by Gasteiger charge is -2.28. The van der Waals surface area contributed by atoms with Crippen LogP contribution in [0.1, 0.15) is 39.5 Å². The Morgan fingerprint density at radius 1 is 1.26 bits per heavy atom. The highest BCUT2D eigenvalue weighted by molar-refractivity contribution is 5.85. The van der Waals surface area contributed by atoms with Gasteiger partial charge in [0, 0.05) is 32.1 Å². The third kappa shape index (κ3) is 6.18.